The highest BCUT2D eigenvalue weighted by Crippen LogP contribution is 2.30. The second-order valence-electron chi connectivity index (χ2n) is 4.47. The minimum Gasteiger partial charge on any atom is -0.298 e. The molecule has 0 amide bonds. The molecule has 0 saturated carbocycles. The fraction of sp³-hybridized carbons (Fsp3) is 0.267. The second kappa shape index (κ2) is 3.75. The Hall–Kier alpha value is -1.63. The molecule has 1 heteroatoms. The molecule has 0 fully saturated rings. The molecule has 0 aliphatic heterocycles. The highest BCUT2D eigenvalue weighted by atomic mass is 16.1. The van der Waals surface area contributed by atoms with E-state index in [9.17, 15) is 4.79 Å². The molecule has 2 aromatic rings. The van der Waals surface area contributed by atoms with E-state index < -0.39 is 0 Å². The molecule has 1 aliphatic carbocycles. The smallest absolute Gasteiger partial charge is 0.150 e. The number of rotatable bonds is 1. The number of carbonyl (C=O) groups is 1. The molecule has 0 bridgehead atoms. The van der Waals surface area contributed by atoms with Gasteiger partial charge in [0.15, 0.2) is 6.29 Å². The molecule has 1 nitrogen and oxygen atoms in total. The fourth-order valence-corrected chi connectivity index (χ4v) is 2.76. The van der Waals surface area contributed by atoms with Crippen LogP contribution in [0, 0.1) is 0 Å². The van der Waals surface area contributed by atoms with Gasteiger partial charge in [-0.3, -0.25) is 4.79 Å². The molecule has 0 atom stereocenters. The van der Waals surface area contributed by atoms with Crippen molar-refractivity contribution in [2.24, 2.45) is 0 Å². The van der Waals surface area contributed by atoms with Crippen molar-refractivity contribution in [1.29, 1.82) is 0 Å². The van der Waals surface area contributed by atoms with Crippen molar-refractivity contribution < 1.29 is 4.79 Å². The number of aldehydes is 1. The van der Waals surface area contributed by atoms with Crippen LogP contribution in [-0.2, 0) is 12.8 Å². The molecule has 0 unspecified atom stereocenters. The predicted octanol–water partition coefficient (Wildman–Crippen LogP) is 3.53. The molecular formula is C15H14O. The summed E-state index contributed by atoms with van der Waals surface area (Å²) in [4.78, 5) is 11.1. The van der Waals surface area contributed by atoms with Crippen molar-refractivity contribution in [2.75, 3.05) is 0 Å². The van der Waals surface area contributed by atoms with Crippen LogP contribution in [0.4, 0.5) is 0 Å². The summed E-state index contributed by atoms with van der Waals surface area (Å²) in [5, 5.41) is 2.39. The minimum atomic E-state index is 0.844. The summed E-state index contributed by atoms with van der Waals surface area (Å²) in [5.74, 6) is 0. The third kappa shape index (κ3) is 1.35. The Balaban J connectivity index is 2.40. The zero-order chi connectivity index (χ0) is 11.0. The zero-order valence-corrected chi connectivity index (χ0v) is 9.20. The lowest BCUT2D eigenvalue weighted by Gasteiger charge is -2.19. The summed E-state index contributed by atoms with van der Waals surface area (Å²) in [5.41, 5.74) is 3.69. The topological polar surface area (TPSA) is 17.1 Å². The van der Waals surface area contributed by atoms with Crippen LogP contribution < -0.4 is 0 Å². The largest absolute Gasteiger partial charge is 0.298 e. The average Bonchev–Trinajstić information content (AvgIpc) is 2.38. The Morgan fingerprint density at radius 1 is 1.00 bits per heavy atom. The lowest BCUT2D eigenvalue weighted by atomic mass is 9.86. The maximum atomic E-state index is 11.1. The summed E-state index contributed by atoms with van der Waals surface area (Å²) >= 11 is 0. The first-order valence-corrected chi connectivity index (χ1v) is 5.89. The second-order valence-corrected chi connectivity index (χ2v) is 4.47. The van der Waals surface area contributed by atoms with E-state index in [-0.39, 0.29) is 0 Å². The van der Waals surface area contributed by atoms with Crippen molar-refractivity contribution in [2.45, 2.75) is 25.7 Å². The van der Waals surface area contributed by atoms with E-state index in [1.54, 1.807) is 0 Å². The molecule has 0 radical (unpaired) electrons. The van der Waals surface area contributed by atoms with Crippen molar-refractivity contribution in [3.63, 3.8) is 0 Å². The molecule has 16 heavy (non-hydrogen) atoms. The first-order valence-electron chi connectivity index (χ1n) is 5.89. The Labute approximate surface area is 95.1 Å². The van der Waals surface area contributed by atoms with Gasteiger partial charge in [-0.1, -0.05) is 24.3 Å². The number of fused-ring (bicyclic) bond motifs is 3. The maximum Gasteiger partial charge on any atom is 0.150 e. The molecule has 0 N–H and O–H groups in total. The first kappa shape index (κ1) is 9.59. The van der Waals surface area contributed by atoms with Gasteiger partial charge in [-0.15, -0.1) is 0 Å². The Bertz CT molecular complexity index is 555. The average molecular weight is 210 g/mol. The van der Waals surface area contributed by atoms with Gasteiger partial charge >= 0.3 is 0 Å². The van der Waals surface area contributed by atoms with Gasteiger partial charge in [-0.05, 0) is 53.6 Å². The Morgan fingerprint density at radius 3 is 2.56 bits per heavy atom. The van der Waals surface area contributed by atoms with Gasteiger partial charge in [0.25, 0.3) is 0 Å². The van der Waals surface area contributed by atoms with Gasteiger partial charge < -0.3 is 0 Å². The molecule has 1 aliphatic rings. The summed E-state index contributed by atoms with van der Waals surface area (Å²) in [6.45, 7) is 0. The molecule has 3 rings (SSSR count). The molecule has 0 spiro atoms. The van der Waals surface area contributed by atoms with Crippen molar-refractivity contribution in [3.8, 4) is 0 Å². The van der Waals surface area contributed by atoms with Crippen LogP contribution in [0.1, 0.15) is 34.3 Å². The van der Waals surface area contributed by atoms with E-state index in [1.807, 2.05) is 12.1 Å². The van der Waals surface area contributed by atoms with Crippen LogP contribution in [0.25, 0.3) is 10.8 Å². The molecule has 80 valence electrons. The van der Waals surface area contributed by atoms with Crippen LogP contribution in [0.2, 0.25) is 0 Å². The Kier molecular flexibility index (Phi) is 2.24. The van der Waals surface area contributed by atoms with Gasteiger partial charge in [0.05, 0.1) is 0 Å². The normalized spacial score (nSPS) is 14.8. The summed E-state index contributed by atoms with van der Waals surface area (Å²) in [6, 6.07) is 10.3. The summed E-state index contributed by atoms with van der Waals surface area (Å²) in [6.07, 6.45) is 5.80. The van der Waals surface area contributed by atoms with E-state index in [2.05, 4.69) is 18.2 Å². The third-order valence-electron chi connectivity index (χ3n) is 3.53. The van der Waals surface area contributed by atoms with Crippen molar-refractivity contribution in [3.05, 3.63) is 47.0 Å². The highest BCUT2D eigenvalue weighted by Gasteiger charge is 2.14. The van der Waals surface area contributed by atoms with Crippen LogP contribution >= 0.6 is 0 Å². The number of aryl methyl sites for hydroxylation is 2. The summed E-state index contributed by atoms with van der Waals surface area (Å²) < 4.78 is 0. The van der Waals surface area contributed by atoms with Gasteiger partial charge in [-0.25, -0.2) is 0 Å². The molecule has 0 saturated heterocycles. The predicted molar refractivity (Wildman–Crippen MR) is 66.0 cm³/mol. The molecule has 0 heterocycles. The molecular weight excluding hydrogens is 196 g/mol. The highest BCUT2D eigenvalue weighted by molar-refractivity contribution is 6.00. The van der Waals surface area contributed by atoms with Crippen molar-refractivity contribution >= 4 is 17.1 Å². The van der Waals surface area contributed by atoms with Crippen LogP contribution in [0.15, 0.2) is 30.3 Å². The minimum absolute atomic E-state index is 0.844. The van der Waals surface area contributed by atoms with Crippen LogP contribution in [0.3, 0.4) is 0 Å². The number of benzene rings is 2. The maximum absolute atomic E-state index is 11.1. The van der Waals surface area contributed by atoms with Crippen LogP contribution in [-0.4, -0.2) is 6.29 Å². The zero-order valence-electron chi connectivity index (χ0n) is 9.20. The Morgan fingerprint density at radius 2 is 1.75 bits per heavy atom. The fourth-order valence-electron chi connectivity index (χ4n) is 2.76. The van der Waals surface area contributed by atoms with E-state index in [4.69, 9.17) is 0 Å². The van der Waals surface area contributed by atoms with E-state index >= 15 is 0 Å². The quantitative estimate of drug-likeness (QED) is 0.658. The van der Waals surface area contributed by atoms with Gasteiger partial charge in [0.1, 0.15) is 0 Å². The monoisotopic (exact) mass is 210 g/mol. The first-order chi connectivity index (χ1) is 7.90. The lowest BCUT2D eigenvalue weighted by molar-refractivity contribution is 0.112. The van der Waals surface area contributed by atoms with E-state index in [0.717, 1.165) is 30.1 Å². The molecule has 2 aromatic carbocycles. The SMILES string of the molecule is O=Cc1cc2c(c3ccccc13)CCCC2. The van der Waals surface area contributed by atoms with Crippen molar-refractivity contribution in [1.82, 2.24) is 0 Å². The van der Waals surface area contributed by atoms with Gasteiger partial charge in [0.2, 0.25) is 0 Å². The van der Waals surface area contributed by atoms with Crippen LogP contribution in [0.5, 0.6) is 0 Å². The number of hydrogen-bond donors (Lipinski definition) is 0. The lowest BCUT2D eigenvalue weighted by Crippen LogP contribution is -2.04. The standard InChI is InChI=1S/C15H14O/c16-10-12-9-11-5-1-2-6-13(11)15-8-4-3-7-14(12)15/h3-4,7-10H,1-2,5-6H2. The number of hydrogen-bond acceptors (Lipinski definition) is 1. The third-order valence-corrected chi connectivity index (χ3v) is 3.53. The number of carbonyl (C=O) groups excluding carboxylic acids is 1. The van der Waals surface area contributed by atoms with Gasteiger partial charge in [0, 0.05) is 5.56 Å². The van der Waals surface area contributed by atoms with E-state index in [1.165, 1.54) is 29.4 Å². The van der Waals surface area contributed by atoms with Gasteiger partial charge in [-0.2, -0.15) is 0 Å². The molecule has 0 aromatic heterocycles. The summed E-state index contributed by atoms with van der Waals surface area (Å²) in [7, 11) is 0. The van der Waals surface area contributed by atoms with E-state index in [0.29, 0.717) is 0 Å².